The average molecular weight is 278 g/mol. The first kappa shape index (κ1) is 13.5. The van der Waals surface area contributed by atoms with E-state index in [1.54, 1.807) is 0 Å². The minimum atomic E-state index is 0.431. The van der Waals surface area contributed by atoms with Crippen molar-refractivity contribution in [1.82, 2.24) is 5.32 Å². The van der Waals surface area contributed by atoms with Crippen LogP contribution in [-0.2, 0) is 0 Å². The van der Waals surface area contributed by atoms with E-state index in [2.05, 4.69) is 24.4 Å². The summed E-state index contributed by atoms with van der Waals surface area (Å²) in [6.07, 6.45) is 8.60. The van der Waals surface area contributed by atoms with Gasteiger partial charge in [-0.3, -0.25) is 0 Å². The Morgan fingerprint density at radius 2 is 1.79 bits per heavy atom. The van der Waals surface area contributed by atoms with Crippen LogP contribution in [0.25, 0.3) is 0 Å². The summed E-state index contributed by atoms with van der Waals surface area (Å²) >= 11 is 5.95. The lowest BCUT2D eigenvalue weighted by Crippen LogP contribution is -2.36. The van der Waals surface area contributed by atoms with Gasteiger partial charge in [0, 0.05) is 17.1 Å². The first-order valence-electron chi connectivity index (χ1n) is 7.74. The topological polar surface area (TPSA) is 12.0 Å². The Balaban J connectivity index is 1.56. The molecule has 104 valence electrons. The number of nitrogens with one attached hydrogen (secondary N) is 1. The lowest BCUT2D eigenvalue weighted by Gasteiger charge is -2.32. The molecule has 2 saturated carbocycles. The summed E-state index contributed by atoms with van der Waals surface area (Å²) < 4.78 is 0. The fraction of sp³-hybridized carbons (Fsp3) is 0.647. The van der Waals surface area contributed by atoms with Gasteiger partial charge in [0.2, 0.25) is 0 Å². The van der Waals surface area contributed by atoms with Crippen LogP contribution in [0.15, 0.2) is 24.3 Å². The summed E-state index contributed by atoms with van der Waals surface area (Å²) in [6.45, 7) is 2.27. The second-order valence-electron chi connectivity index (χ2n) is 6.40. The molecule has 3 rings (SSSR count). The van der Waals surface area contributed by atoms with E-state index in [-0.39, 0.29) is 0 Å². The SMILES string of the molecule is C[C@@H](NC1CCCC(C2CC2)C1)c1ccc(Cl)cc1. The van der Waals surface area contributed by atoms with Crippen molar-refractivity contribution in [1.29, 1.82) is 0 Å². The van der Waals surface area contributed by atoms with Crippen molar-refractivity contribution in [3.63, 3.8) is 0 Å². The van der Waals surface area contributed by atoms with Gasteiger partial charge in [-0.25, -0.2) is 0 Å². The molecule has 2 unspecified atom stereocenters. The van der Waals surface area contributed by atoms with Crippen LogP contribution in [0.2, 0.25) is 5.02 Å². The summed E-state index contributed by atoms with van der Waals surface area (Å²) in [5, 5.41) is 4.65. The Hall–Kier alpha value is -0.530. The van der Waals surface area contributed by atoms with Gasteiger partial charge >= 0.3 is 0 Å². The van der Waals surface area contributed by atoms with Crippen LogP contribution >= 0.6 is 11.6 Å². The van der Waals surface area contributed by atoms with Gasteiger partial charge in [0.05, 0.1) is 0 Å². The minimum absolute atomic E-state index is 0.431. The Labute approximate surface area is 121 Å². The molecule has 2 fully saturated rings. The summed E-state index contributed by atoms with van der Waals surface area (Å²) in [5.74, 6) is 2.07. The number of hydrogen-bond donors (Lipinski definition) is 1. The lowest BCUT2D eigenvalue weighted by atomic mass is 9.82. The van der Waals surface area contributed by atoms with Crippen molar-refractivity contribution >= 4 is 11.6 Å². The lowest BCUT2D eigenvalue weighted by molar-refractivity contribution is 0.249. The summed E-state index contributed by atoms with van der Waals surface area (Å²) in [4.78, 5) is 0. The maximum Gasteiger partial charge on any atom is 0.0406 e. The highest BCUT2D eigenvalue weighted by Crippen LogP contribution is 2.44. The highest BCUT2D eigenvalue weighted by molar-refractivity contribution is 6.30. The molecule has 1 N–H and O–H groups in total. The third-order valence-electron chi connectivity index (χ3n) is 4.86. The van der Waals surface area contributed by atoms with Gasteiger partial charge in [-0.2, -0.15) is 0 Å². The van der Waals surface area contributed by atoms with Crippen LogP contribution in [0.3, 0.4) is 0 Å². The maximum atomic E-state index is 5.95. The van der Waals surface area contributed by atoms with E-state index in [4.69, 9.17) is 11.6 Å². The molecule has 0 amide bonds. The molecule has 0 bridgehead atoms. The van der Waals surface area contributed by atoms with Crippen molar-refractivity contribution in [2.24, 2.45) is 11.8 Å². The molecule has 1 nitrogen and oxygen atoms in total. The van der Waals surface area contributed by atoms with E-state index >= 15 is 0 Å². The van der Waals surface area contributed by atoms with Gasteiger partial charge in [0.15, 0.2) is 0 Å². The minimum Gasteiger partial charge on any atom is -0.307 e. The van der Waals surface area contributed by atoms with Crippen LogP contribution < -0.4 is 5.32 Å². The van der Waals surface area contributed by atoms with E-state index < -0.39 is 0 Å². The molecule has 1 aromatic rings. The second-order valence-corrected chi connectivity index (χ2v) is 6.84. The van der Waals surface area contributed by atoms with E-state index in [0.717, 1.165) is 16.9 Å². The zero-order valence-corrected chi connectivity index (χ0v) is 12.5. The molecule has 2 aliphatic rings. The van der Waals surface area contributed by atoms with Crippen molar-refractivity contribution < 1.29 is 0 Å². The molecule has 0 aliphatic heterocycles. The highest BCUT2D eigenvalue weighted by atomic mass is 35.5. The molecular weight excluding hydrogens is 254 g/mol. The van der Waals surface area contributed by atoms with E-state index in [9.17, 15) is 0 Å². The van der Waals surface area contributed by atoms with Gasteiger partial charge in [0.25, 0.3) is 0 Å². The van der Waals surface area contributed by atoms with Crippen molar-refractivity contribution in [3.8, 4) is 0 Å². The Morgan fingerprint density at radius 3 is 2.47 bits per heavy atom. The maximum absolute atomic E-state index is 5.95. The third-order valence-corrected chi connectivity index (χ3v) is 5.11. The Kier molecular flexibility index (Phi) is 4.14. The second kappa shape index (κ2) is 5.85. The van der Waals surface area contributed by atoms with Crippen molar-refractivity contribution in [3.05, 3.63) is 34.9 Å². The van der Waals surface area contributed by atoms with Gasteiger partial charge in [-0.1, -0.05) is 36.6 Å². The predicted octanol–water partition coefficient (Wildman–Crippen LogP) is 4.96. The molecule has 0 saturated heterocycles. The largest absolute Gasteiger partial charge is 0.307 e. The quantitative estimate of drug-likeness (QED) is 0.820. The van der Waals surface area contributed by atoms with E-state index in [0.29, 0.717) is 12.1 Å². The fourth-order valence-electron chi connectivity index (χ4n) is 3.58. The number of rotatable bonds is 4. The molecule has 1 aromatic carbocycles. The molecule has 0 radical (unpaired) electrons. The van der Waals surface area contributed by atoms with Crippen LogP contribution in [0.1, 0.15) is 57.1 Å². The molecule has 0 heterocycles. The van der Waals surface area contributed by atoms with Gasteiger partial charge in [-0.05, 0) is 62.1 Å². The van der Waals surface area contributed by atoms with Gasteiger partial charge < -0.3 is 5.32 Å². The Morgan fingerprint density at radius 1 is 1.05 bits per heavy atom. The van der Waals surface area contributed by atoms with Crippen molar-refractivity contribution in [2.45, 2.75) is 57.5 Å². The molecule has 19 heavy (non-hydrogen) atoms. The van der Waals surface area contributed by atoms with Gasteiger partial charge in [0.1, 0.15) is 0 Å². The summed E-state index contributed by atoms with van der Waals surface area (Å²) in [7, 11) is 0. The van der Waals surface area contributed by atoms with Crippen LogP contribution in [0, 0.1) is 11.8 Å². The molecule has 0 aromatic heterocycles. The van der Waals surface area contributed by atoms with Crippen LogP contribution in [0.4, 0.5) is 0 Å². The first-order valence-corrected chi connectivity index (χ1v) is 8.11. The summed E-state index contributed by atoms with van der Waals surface area (Å²) in [6, 6.07) is 9.40. The monoisotopic (exact) mass is 277 g/mol. The summed E-state index contributed by atoms with van der Waals surface area (Å²) in [5.41, 5.74) is 1.35. The predicted molar refractivity (Wildman–Crippen MR) is 81.5 cm³/mol. The van der Waals surface area contributed by atoms with Crippen LogP contribution in [-0.4, -0.2) is 6.04 Å². The standard InChI is InChI=1S/C17H24ClN/c1-12(13-7-9-16(18)10-8-13)19-17-4-2-3-15(11-17)14-5-6-14/h7-10,12,14-15,17,19H,2-6,11H2,1H3/t12-,15?,17?/m1/s1. The molecular formula is C17H24ClN. The average Bonchev–Trinajstić information content (AvgIpc) is 3.24. The molecule has 2 aliphatic carbocycles. The van der Waals surface area contributed by atoms with E-state index in [1.807, 2.05) is 12.1 Å². The number of benzene rings is 1. The van der Waals surface area contributed by atoms with Crippen LogP contribution in [0.5, 0.6) is 0 Å². The Bertz CT molecular complexity index is 410. The smallest absolute Gasteiger partial charge is 0.0406 e. The zero-order valence-electron chi connectivity index (χ0n) is 11.7. The molecule has 0 spiro atoms. The van der Waals surface area contributed by atoms with E-state index in [1.165, 1.54) is 44.1 Å². The normalized spacial score (nSPS) is 29.2. The molecule has 3 atom stereocenters. The number of hydrogen-bond acceptors (Lipinski definition) is 1. The van der Waals surface area contributed by atoms with Crippen molar-refractivity contribution in [2.75, 3.05) is 0 Å². The first-order chi connectivity index (χ1) is 9.22. The number of halogens is 1. The van der Waals surface area contributed by atoms with Gasteiger partial charge in [-0.15, -0.1) is 0 Å². The fourth-order valence-corrected chi connectivity index (χ4v) is 3.70. The molecule has 2 heteroatoms. The highest BCUT2D eigenvalue weighted by Gasteiger charge is 2.34. The third kappa shape index (κ3) is 3.52. The zero-order chi connectivity index (χ0) is 13.2.